The average Bonchev–Trinajstić information content (AvgIpc) is 1.63. The zero-order chi connectivity index (χ0) is 7.28. The average molecular weight is 135 g/mol. The van der Waals surface area contributed by atoms with Gasteiger partial charge >= 0.3 is 7.32 Å². The van der Waals surface area contributed by atoms with E-state index < -0.39 is 13.5 Å². The third-order valence-electron chi connectivity index (χ3n) is 0.681. The second-order valence-electron chi connectivity index (χ2n) is 1.55. The Balaban J connectivity index is 2.91. The topological polar surface area (TPSA) is 95.9 Å². The molecule has 0 saturated carbocycles. The molecule has 0 aromatic rings. The standard InChI is InChI=1S/C3H10BNO4/c5-3(6)1-2-9-4(7)8/h3,6-8H,1-2,5H2. The Hall–Kier alpha value is -0.135. The molecule has 0 heterocycles. The largest absolute Gasteiger partial charge is 0.633 e. The molecule has 0 saturated heterocycles. The van der Waals surface area contributed by atoms with Crippen LogP contribution in [0.1, 0.15) is 6.42 Å². The number of aliphatic hydroxyl groups excluding tert-OH is 1. The van der Waals surface area contributed by atoms with Crippen LogP contribution in [-0.4, -0.2) is 35.3 Å². The van der Waals surface area contributed by atoms with Gasteiger partial charge in [0.05, 0.1) is 0 Å². The maximum Gasteiger partial charge on any atom is 0.633 e. The summed E-state index contributed by atoms with van der Waals surface area (Å²) in [5.41, 5.74) is 4.89. The van der Waals surface area contributed by atoms with Gasteiger partial charge in [0.15, 0.2) is 0 Å². The van der Waals surface area contributed by atoms with Gasteiger partial charge in [0.1, 0.15) is 6.23 Å². The maximum absolute atomic E-state index is 8.40. The molecule has 0 aliphatic heterocycles. The first-order valence-electron chi connectivity index (χ1n) is 2.54. The van der Waals surface area contributed by atoms with E-state index in [1.807, 2.05) is 0 Å². The van der Waals surface area contributed by atoms with Crippen LogP contribution < -0.4 is 5.73 Å². The lowest BCUT2D eigenvalue weighted by Crippen LogP contribution is -2.24. The lowest BCUT2D eigenvalue weighted by molar-refractivity contribution is 0.121. The van der Waals surface area contributed by atoms with E-state index in [0.29, 0.717) is 0 Å². The zero-order valence-electron chi connectivity index (χ0n) is 4.90. The van der Waals surface area contributed by atoms with Gasteiger partial charge in [0.2, 0.25) is 0 Å². The van der Waals surface area contributed by atoms with Crippen molar-refractivity contribution < 1.29 is 19.8 Å². The van der Waals surface area contributed by atoms with Crippen LogP contribution in [0.5, 0.6) is 0 Å². The summed E-state index contributed by atoms with van der Waals surface area (Å²) in [5, 5.41) is 24.6. The van der Waals surface area contributed by atoms with E-state index in [1.54, 1.807) is 0 Å². The summed E-state index contributed by atoms with van der Waals surface area (Å²) >= 11 is 0. The summed E-state index contributed by atoms with van der Waals surface area (Å²) in [5.74, 6) is 0. The van der Waals surface area contributed by atoms with Crippen LogP contribution in [0.3, 0.4) is 0 Å². The molecular weight excluding hydrogens is 125 g/mol. The van der Waals surface area contributed by atoms with Crippen molar-refractivity contribution in [1.82, 2.24) is 0 Å². The van der Waals surface area contributed by atoms with Gasteiger partial charge in [-0.25, -0.2) is 0 Å². The molecule has 0 radical (unpaired) electrons. The van der Waals surface area contributed by atoms with Crippen molar-refractivity contribution >= 4 is 7.32 Å². The molecule has 0 aliphatic carbocycles. The van der Waals surface area contributed by atoms with Gasteiger partial charge in [0, 0.05) is 13.0 Å². The van der Waals surface area contributed by atoms with Crippen LogP contribution >= 0.6 is 0 Å². The van der Waals surface area contributed by atoms with Crippen molar-refractivity contribution in [3.8, 4) is 0 Å². The predicted molar refractivity (Wildman–Crippen MR) is 31.0 cm³/mol. The van der Waals surface area contributed by atoms with E-state index in [-0.39, 0.29) is 13.0 Å². The van der Waals surface area contributed by atoms with Gasteiger partial charge in [-0.1, -0.05) is 0 Å². The van der Waals surface area contributed by atoms with Crippen LogP contribution in [0.2, 0.25) is 0 Å². The first kappa shape index (κ1) is 8.86. The highest BCUT2D eigenvalue weighted by atomic mass is 16.6. The molecule has 0 fully saturated rings. The number of aliphatic hydroxyl groups is 1. The molecule has 54 valence electrons. The van der Waals surface area contributed by atoms with Gasteiger partial charge in [-0.2, -0.15) is 0 Å². The van der Waals surface area contributed by atoms with Gasteiger partial charge in [0.25, 0.3) is 0 Å². The highest BCUT2D eigenvalue weighted by Gasteiger charge is 2.07. The molecule has 0 spiro atoms. The first-order chi connectivity index (χ1) is 4.13. The van der Waals surface area contributed by atoms with Crippen molar-refractivity contribution in [2.45, 2.75) is 12.6 Å². The minimum absolute atomic E-state index is 0.0370. The monoisotopic (exact) mass is 135 g/mol. The fourth-order valence-electron chi connectivity index (χ4n) is 0.294. The molecule has 0 bridgehead atoms. The Morgan fingerprint density at radius 2 is 2.11 bits per heavy atom. The van der Waals surface area contributed by atoms with Crippen LogP contribution in [0.4, 0.5) is 0 Å². The third-order valence-corrected chi connectivity index (χ3v) is 0.681. The quantitative estimate of drug-likeness (QED) is 0.255. The first-order valence-corrected chi connectivity index (χ1v) is 2.54. The normalized spacial score (nSPS) is 13.3. The molecule has 0 amide bonds. The minimum atomic E-state index is -1.77. The Bertz CT molecular complexity index is 60.8. The second kappa shape index (κ2) is 4.72. The van der Waals surface area contributed by atoms with Crippen LogP contribution in [-0.2, 0) is 4.65 Å². The van der Waals surface area contributed by atoms with E-state index in [4.69, 9.17) is 20.9 Å². The maximum atomic E-state index is 8.40. The van der Waals surface area contributed by atoms with E-state index in [2.05, 4.69) is 4.65 Å². The Kier molecular flexibility index (Phi) is 4.65. The van der Waals surface area contributed by atoms with Crippen molar-refractivity contribution in [1.29, 1.82) is 0 Å². The number of hydrogen-bond acceptors (Lipinski definition) is 5. The molecule has 0 aromatic heterocycles. The SMILES string of the molecule is NC(O)CCOB(O)O. The summed E-state index contributed by atoms with van der Waals surface area (Å²) in [6.07, 6.45) is -0.763. The summed E-state index contributed by atoms with van der Waals surface area (Å²) < 4.78 is 4.22. The lowest BCUT2D eigenvalue weighted by atomic mass is 10.2. The Morgan fingerprint density at radius 3 is 2.44 bits per heavy atom. The third kappa shape index (κ3) is 7.86. The number of rotatable bonds is 4. The molecule has 0 rings (SSSR count). The van der Waals surface area contributed by atoms with Crippen molar-refractivity contribution in [2.75, 3.05) is 6.61 Å². The smallest absolute Gasteiger partial charge is 0.402 e. The van der Waals surface area contributed by atoms with Crippen LogP contribution in [0.25, 0.3) is 0 Å². The Labute approximate surface area is 53.2 Å². The van der Waals surface area contributed by atoms with E-state index in [1.165, 1.54) is 0 Å². The molecule has 0 aliphatic rings. The van der Waals surface area contributed by atoms with E-state index in [9.17, 15) is 0 Å². The lowest BCUT2D eigenvalue weighted by Gasteiger charge is -2.03. The van der Waals surface area contributed by atoms with Crippen molar-refractivity contribution in [3.05, 3.63) is 0 Å². The molecule has 9 heavy (non-hydrogen) atoms. The summed E-state index contributed by atoms with van der Waals surface area (Å²) in [6.45, 7) is 0.0370. The zero-order valence-corrected chi connectivity index (χ0v) is 4.90. The fourth-order valence-corrected chi connectivity index (χ4v) is 0.294. The second-order valence-corrected chi connectivity index (χ2v) is 1.55. The molecule has 5 N–H and O–H groups in total. The number of hydrogen-bond donors (Lipinski definition) is 4. The highest BCUT2D eigenvalue weighted by molar-refractivity contribution is 6.32. The van der Waals surface area contributed by atoms with Crippen molar-refractivity contribution in [3.63, 3.8) is 0 Å². The molecule has 0 aromatic carbocycles. The summed E-state index contributed by atoms with van der Waals surface area (Å²) in [6, 6.07) is 0. The highest BCUT2D eigenvalue weighted by Crippen LogP contribution is 1.84. The van der Waals surface area contributed by atoms with E-state index in [0.717, 1.165) is 0 Å². The van der Waals surface area contributed by atoms with Crippen LogP contribution in [0.15, 0.2) is 0 Å². The van der Waals surface area contributed by atoms with Gasteiger partial charge in [-0.3, -0.25) is 0 Å². The molecule has 1 atom stereocenters. The summed E-state index contributed by atoms with van der Waals surface area (Å²) in [4.78, 5) is 0. The van der Waals surface area contributed by atoms with Crippen LogP contribution in [0, 0.1) is 0 Å². The number of nitrogens with two attached hydrogens (primary N) is 1. The van der Waals surface area contributed by atoms with E-state index >= 15 is 0 Å². The molecule has 5 nitrogen and oxygen atoms in total. The molecule has 1 unspecified atom stereocenters. The van der Waals surface area contributed by atoms with Gasteiger partial charge in [-0.15, -0.1) is 0 Å². The van der Waals surface area contributed by atoms with Gasteiger partial charge < -0.3 is 25.5 Å². The van der Waals surface area contributed by atoms with Gasteiger partial charge in [-0.05, 0) is 0 Å². The Morgan fingerprint density at radius 1 is 1.56 bits per heavy atom. The van der Waals surface area contributed by atoms with Crippen molar-refractivity contribution in [2.24, 2.45) is 5.73 Å². The predicted octanol–water partition coefficient (Wildman–Crippen LogP) is -2.36. The minimum Gasteiger partial charge on any atom is -0.402 e. The molecule has 6 heteroatoms. The molecular formula is C3H10BNO4. The fraction of sp³-hybridized carbons (Fsp3) is 1.00. The summed E-state index contributed by atoms with van der Waals surface area (Å²) in [7, 11) is -1.77.